The van der Waals surface area contributed by atoms with Crippen LogP contribution in [0.15, 0.2) is 30.4 Å². The molecule has 1 aromatic carbocycles. The zero-order chi connectivity index (χ0) is 27.8. The fourth-order valence-electron chi connectivity index (χ4n) is 8.25. The van der Waals surface area contributed by atoms with E-state index in [1.165, 1.54) is 95.5 Å². The Labute approximate surface area is 239 Å². The number of halogens is 1. The van der Waals surface area contributed by atoms with Gasteiger partial charge in [-0.25, -0.2) is 4.39 Å². The number of benzene rings is 1. The Morgan fingerprint density at radius 2 is 1.41 bits per heavy atom. The first-order valence-corrected chi connectivity index (χ1v) is 16.6. The third kappa shape index (κ3) is 8.43. The van der Waals surface area contributed by atoms with Crippen LogP contribution in [0.3, 0.4) is 0 Å². The van der Waals surface area contributed by atoms with Crippen molar-refractivity contribution in [2.75, 3.05) is 13.6 Å². The average Bonchev–Trinajstić information content (AvgIpc) is 2.96. The van der Waals surface area contributed by atoms with Crippen LogP contribution in [0.25, 0.3) is 0 Å². The van der Waals surface area contributed by atoms with Gasteiger partial charge in [-0.3, -0.25) is 4.79 Å². The van der Waals surface area contributed by atoms with E-state index in [-0.39, 0.29) is 11.7 Å². The van der Waals surface area contributed by atoms with Crippen molar-refractivity contribution >= 4 is 5.91 Å². The molecule has 0 heterocycles. The maximum atomic E-state index is 15.4. The first-order valence-electron chi connectivity index (χ1n) is 16.6. The van der Waals surface area contributed by atoms with E-state index in [1.54, 1.807) is 6.92 Å². The fraction of sp³-hybridized carbons (Fsp3) is 0.750. The second-order valence-corrected chi connectivity index (χ2v) is 13.7. The van der Waals surface area contributed by atoms with Crippen molar-refractivity contribution in [3.63, 3.8) is 0 Å². The lowest BCUT2D eigenvalue weighted by Crippen LogP contribution is -2.30. The summed E-state index contributed by atoms with van der Waals surface area (Å²) in [6.45, 7) is 8.71. The van der Waals surface area contributed by atoms with E-state index in [4.69, 9.17) is 0 Å². The molecule has 3 fully saturated rings. The lowest BCUT2D eigenvalue weighted by Gasteiger charge is -2.38. The molecule has 0 spiro atoms. The highest BCUT2D eigenvalue weighted by Gasteiger charge is 2.32. The molecule has 3 aliphatic rings. The van der Waals surface area contributed by atoms with Gasteiger partial charge in [0.2, 0.25) is 5.91 Å². The van der Waals surface area contributed by atoms with Crippen LogP contribution < -0.4 is 0 Å². The summed E-state index contributed by atoms with van der Waals surface area (Å²) in [6, 6.07) is 6.34. The number of unbranched alkanes of at least 4 members (excludes halogenated alkanes) is 2. The van der Waals surface area contributed by atoms with E-state index < -0.39 is 0 Å². The standard InChI is InChI=1S/C36H56FNO/c1-5-6-7-8-27-9-15-31(16-10-27)33-21-22-34(35(37)25-33)32-19-17-30(18-20-32)29-13-11-28(12-14-29)23-24-38(4)36(39)26(2)3/h21-22,25,27-32H,2,5-20,23-24H2,1,3-4H3. The zero-order valence-electron chi connectivity index (χ0n) is 25.4. The first-order chi connectivity index (χ1) is 18.9. The molecule has 39 heavy (non-hydrogen) atoms. The van der Waals surface area contributed by atoms with E-state index in [2.05, 4.69) is 25.6 Å². The minimum Gasteiger partial charge on any atom is -0.342 e. The predicted octanol–water partition coefficient (Wildman–Crippen LogP) is 10.2. The van der Waals surface area contributed by atoms with Gasteiger partial charge >= 0.3 is 0 Å². The second-order valence-electron chi connectivity index (χ2n) is 13.7. The number of amides is 1. The normalized spacial score (nSPS) is 29.6. The van der Waals surface area contributed by atoms with Crippen LogP contribution in [0.1, 0.15) is 146 Å². The molecule has 218 valence electrons. The van der Waals surface area contributed by atoms with Crippen molar-refractivity contribution in [3.8, 4) is 0 Å². The maximum absolute atomic E-state index is 15.4. The van der Waals surface area contributed by atoms with Crippen LogP contribution in [-0.4, -0.2) is 24.4 Å². The van der Waals surface area contributed by atoms with Crippen LogP contribution in [0.5, 0.6) is 0 Å². The van der Waals surface area contributed by atoms with E-state index in [1.807, 2.05) is 18.0 Å². The lowest BCUT2D eigenvalue weighted by atomic mass is 9.68. The van der Waals surface area contributed by atoms with Gasteiger partial charge in [-0.15, -0.1) is 0 Å². The topological polar surface area (TPSA) is 20.3 Å². The Morgan fingerprint density at radius 3 is 2.00 bits per heavy atom. The number of hydrogen-bond acceptors (Lipinski definition) is 1. The van der Waals surface area contributed by atoms with E-state index in [0.717, 1.165) is 55.0 Å². The van der Waals surface area contributed by atoms with Crippen LogP contribution in [-0.2, 0) is 4.79 Å². The Morgan fingerprint density at radius 1 is 0.846 bits per heavy atom. The molecule has 0 radical (unpaired) electrons. The van der Waals surface area contributed by atoms with Crippen LogP contribution in [0.4, 0.5) is 4.39 Å². The number of nitrogens with zero attached hydrogens (tertiary/aromatic N) is 1. The van der Waals surface area contributed by atoms with E-state index >= 15 is 4.39 Å². The monoisotopic (exact) mass is 537 g/mol. The quantitative estimate of drug-likeness (QED) is 0.203. The molecule has 0 aromatic heterocycles. The van der Waals surface area contributed by atoms with Crippen molar-refractivity contribution in [1.82, 2.24) is 4.90 Å². The number of carbonyl (C=O) groups excluding carboxylic acids is 1. The minimum absolute atomic E-state index is 0.0663. The summed E-state index contributed by atoms with van der Waals surface area (Å²) in [5.41, 5.74) is 2.87. The fourth-order valence-corrected chi connectivity index (χ4v) is 8.25. The largest absolute Gasteiger partial charge is 0.342 e. The highest BCUT2D eigenvalue weighted by Crippen LogP contribution is 2.45. The summed E-state index contributed by atoms with van der Waals surface area (Å²) in [6.07, 6.45) is 21.8. The van der Waals surface area contributed by atoms with Gasteiger partial charge in [-0.05, 0) is 130 Å². The molecule has 0 N–H and O–H groups in total. The van der Waals surface area contributed by atoms with E-state index in [0.29, 0.717) is 17.4 Å². The minimum atomic E-state index is 0.0663. The summed E-state index contributed by atoms with van der Waals surface area (Å²) in [4.78, 5) is 13.9. The van der Waals surface area contributed by atoms with Gasteiger partial charge < -0.3 is 4.90 Å². The van der Waals surface area contributed by atoms with Crippen molar-refractivity contribution < 1.29 is 9.18 Å². The molecule has 4 rings (SSSR count). The van der Waals surface area contributed by atoms with Gasteiger partial charge in [0.05, 0.1) is 0 Å². The average molecular weight is 538 g/mol. The molecular weight excluding hydrogens is 481 g/mol. The summed E-state index contributed by atoms with van der Waals surface area (Å²) >= 11 is 0. The zero-order valence-corrected chi connectivity index (χ0v) is 25.4. The molecule has 0 aliphatic heterocycles. The highest BCUT2D eigenvalue weighted by molar-refractivity contribution is 5.91. The Kier molecular flexibility index (Phi) is 11.5. The van der Waals surface area contributed by atoms with Crippen LogP contribution >= 0.6 is 0 Å². The molecular formula is C36H56FNO. The number of likely N-dealkylation sites (N-methyl/N-ethyl adjacent to an activating group) is 1. The van der Waals surface area contributed by atoms with Gasteiger partial charge in [0, 0.05) is 19.2 Å². The molecule has 2 nitrogen and oxygen atoms in total. The van der Waals surface area contributed by atoms with Gasteiger partial charge in [0.15, 0.2) is 0 Å². The Bertz CT molecular complexity index is 916. The summed E-state index contributed by atoms with van der Waals surface area (Å²) < 4.78 is 15.4. The Balaban J connectivity index is 1.18. The lowest BCUT2D eigenvalue weighted by molar-refractivity contribution is -0.126. The molecule has 3 heteroatoms. The third-order valence-electron chi connectivity index (χ3n) is 10.9. The molecule has 1 aromatic rings. The van der Waals surface area contributed by atoms with Crippen LogP contribution in [0.2, 0.25) is 0 Å². The predicted molar refractivity (Wildman–Crippen MR) is 162 cm³/mol. The summed E-state index contributed by atoms with van der Waals surface area (Å²) in [5, 5.41) is 0. The van der Waals surface area contributed by atoms with Crippen molar-refractivity contribution in [1.29, 1.82) is 0 Å². The molecule has 3 aliphatic carbocycles. The van der Waals surface area contributed by atoms with Crippen molar-refractivity contribution in [2.45, 2.75) is 135 Å². The molecule has 0 atom stereocenters. The molecule has 0 unspecified atom stereocenters. The third-order valence-corrected chi connectivity index (χ3v) is 10.9. The summed E-state index contributed by atoms with van der Waals surface area (Å²) in [5.74, 6) is 4.44. The molecule has 0 bridgehead atoms. The molecule has 0 saturated heterocycles. The van der Waals surface area contributed by atoms with Gasteiger partial charge in [-0.1, -0.05) is 64.2 Å². The SMILES string of the molecule is C=C(C)C(=O)N(C)CCC1CCC(C2CCC(c3ccc(C4CCC(CCCCC)CC4)cc3F)CC2)CC1. The van der Waals surface area contributed by atoms with E-state index in [9.17, 15) is 4.79 Å². The molecule has 1 amide bonds. The second kappa shape index (κ2) is 14.8. The Hall–Kier alpha value is -1.64. The first kappa shape index (κ1) is 30.3. The molecule has 3 saturated carbocycles. The van der Waals surface area contributed by atoms with Gasteiger partial charge in [0.25, 0.3) is 0 Å². The number of hydrogen-bond donors (Lipinski definition) is 0. The van der Waals surface area contributed by atoms with Crippen molar-refractivity contribution in [3.05, 3.63) is 47.3 Å². The van der Waals surface area contributed by atoms with Crippen molar-refractivity contribution in [2.24, 2.45) is 23.7 Å². The number of carbonyl (C=O) groups is 1. The maximum Gasteiger partial charge on any atom is 0.248 e. The highest BCUT2D eigenvalue weighted by atomic mass is 19.1. The van der Waals surface area contributed by atoms with Gasteiger partial charge in [-0.2, -0.15) is 0 Å². The summed E-state index contributed by atoms with van der Waals surface area (Å²) in [7, 11) is 1.90. The van der Waals surface area contributed by atoms with Crippen LogP contribution in [0, 0.1) is 29.5 Å². The number of rotatable bonds is 11. The van der Waals surface area contributed by atoms with Gasteiger partial charge in [0.1, 0.15) is 5.82 Å². The smallest absolute Gasteiger partial charge is 0.248 e.